The van der Waals surface area contributed by atoms with E-state index in [4.69, 9.17) is 4.74 Å². The third kappa shape index (κ3) is 8.08. The highest BCUT2D eigenvalue weighted by atomic mass is 127. The van der Waals surface area contributed by atoms with Gasteiger partial charge in [-0.15, -0.1) is 24.0 Å². The molecule has 1 heterocycles. The fourth-order valence-corrected chi connectivity index (χ4v) is 2.82. The van der Waals surface area contributed by atoms with Gasteiger partial charge in [0.25, 0.3) is 0 Å². The normalized spacial score (nSPS) is 11.7. The first kappa shape index (κ1) is 24.3. The quantitative estimate of drug-likeness (QED) is 0.261. The van der Waals surface area contributed by atoms with E-state index in [2.05, 4.69) is 60.6 Å². The number of nitrogens with zero attached hydrogens (tertiary/aromatic N) is 3. The van der Waals surface area contributed by atoms with Crippen LogP contribution in [0.5, 0.6) is 5.75 Å². The molecular formula is C21H34IN5O. The highest BCUT2D eigenvalue weighted by molar-refractivity contribution is 14.0. The molecule has 28 heavy (non-hydrogen) atoms. The number of ether oxygens (including phenoxy) is 1. The van der Waals surface area contributed by atoms with Crippen molar-refractivity contribution in [2.75, 3.05) is 13.6 Å². The SMILES string of the molecule is CN=C(NCCCn1nc(C)cc1C)NCc1ccccc1OC(C)(C)C.I. The fourth-order valence-electron chi connectivity index (χ4n) is 2.82. The molecule has 6 nitrogen and oxygen atoms in total. The maximum Gasteiger partial charge on any atom is 0.191 e. The summed E-state index contributed by atoms with van der Waals surface area (Å²) >= 11 is 0. The van der Waals surface area contributed by atoms with E-state index in [1.165, 1.54) is 5.69 Å². The zero-order valence-electron chi connectivity index (χ0n) is 17.9. The smallest absolute Gasteiger partial charge is 0.191 e. The van der Waals surface area contributed by atoms with Crippen molar-refractivity contribution in [3.05, 3.63) is 47.3 Å². The van der Waals surface area contributed by atoms with E-state index in [0.717, 1.165) is 42.5 Å². The summed E-state index contributed by atoms with van der Waals surface area (Å²) in [4.78, 5) is 4.30. The molecule has 2 N–H and O–H groups in total. The van der Waals surface area contributed by atoms with Crippen LogP contribution in [0.4, 0.5) is 0 Å². The van der Waals surface area contributed by atoms with Crippen LogP contribution in [0.15, 0.2) is 35.3 Å². The first-order chi connectivity index (χ1) is 12.8. The largest absolute Gasteiger partial charge is 0.488 e. The van der Waals surface area contributed by atoms with E-state index in [9.17, 15) is 0 Å². The third-order valence-corrected chi connectivity index (χ3v) is 4.00. The van der Waals surface area contributed by atoms with E-state index in [-0.39, 0.29) is 29.6 Å². The molecule has 1 aromatic heterocycles. The van der Waals surface area contributed by atoms with Crippen LogP contribution in [-0.4, -0.2) is 34.9 Å². The second-order valence-corrected chi connectivity index (χ2v) is 7.68. The van der Waals surface area contributed by atoms with Crippen LogP contribution in [0, 0.1) is 13.8 Å². The minimum absolute atomic E-state index is 0. The van der Waals surface area contributed by atoms with E-state index in [1.54, 1.807) is 7.05 Å². The van der Waals surface area contributed by atoms with Crippen molar-refractivity contribution in [1.82, 2.24) is 20.4 Å². The number of para-hydroxylation sites is 1. The molecule has 0 unspecified atom stereocenters. The van der Waals surface area contributed by atoms with Gasteiger partial charge >= 0.3 is 0 Å². The molecule has 0 bridgehead atoms. The van der Waals surface area contributed by atoms with Gasteiger partial charge in [-0.05, 0) is 53.2 Å². The van der Waals surface area contributed by atoms with Crippen LogP contribution in [0.3, 0.4) is 0 Å². The van der Waals surface area contributed by atoms with Crippen molar-refractivity contribution < 1.29 is 4.74 Å². The minimum atomic E-state index is -0.223. The molecule has 0 fully saturated rings. The van der Waals surface area contributed by atoms with Crippen LogP contribution in [-0.2, 0) is 13.1 Å². The van der Waals surface area contributed by atoms with Crippen molar-refractivity contribution in [3.8, 4) is 5.75 Å². The lowest BCUT2D eigenvalue weighted by molar-refractivity contribution is 0.129. The molecule has 1 aromatic carbocycles. The number of halogens is 1. The van der Waals surface area contributed by atoms with Crippen molar-refractivity contribution in [3.63, 3.8) is 0 Å². The van der Waals surface area contributed by atoms with E-state index in [0.29, 0.717) is 6.54 Å². The van der Waals surface area contributed by atoms with Gasteiger partial charge in [-0.2, -0.15) is 5.10 Å². The summed E-state index contributed by atoms with van der Waals surface area (Å²) in [5.74, 6) is 1.69. The lowest BCUT2D eigenvalue weighted by Crippen LogP contribution is -2.37. The van der Waals surface area contributed by atoms with Crippen LogP contribution in [0.25, 0.3) is 0 Å². The Balaban J connectivity index is 0.00000392. The van der Waals surface area contributed by atoms with Crippen molar-refractivity contribution in [2.45, 2.75) is 59.7 Å². The zero-order chi connectivity index (χ0) is 19.9. The molecular weight excluding hydrogens is 465 g/mol. The Morgan fingerprint density at radius 1 is 1.18 bits per heavy atom. The van der Waals surface area contributed by atoms with Gasteiger partial charge in [0, 0.05) is 37.9 Å². The summed E-state index contributed by atoms with van der Waals surface area (Å²) in [6.45, 7) is 12.7. The molecule has 2 aromatic rings. The van der Waals surface area contributed by atoms with Crippen LogP contribution >= 0.6 is 24.0 Å². The molecule has 0 saturated heterocycles. The number of nitrogens with one attached hydrogen (secondary N) is 2. The highest BCUT2D eigenvalue weighted by Gasteiger charge is 2.14. The predicted molar refractivity (Wildman–Crippen MR) is 127 cm³/mol. The van der Waals surface area contributed by atoms with Crippen LogP contribution < -0.4 is 15.4 Å². The first-order valence-corrected chi connectivity index (χ1v) is 9.51. The molecule has 0 aliphatic carbocycles. The number of benzene rings is 1. The number of guanidine groups is 1. The van der Waals surface area contributed by atoms with Gasteiger partial charge in [0.2, 0.25) is 0 Å². The molecule has 0 saturated carbocycles. The predicted octanol–water partition coefficient (Wildman–Crippen LogP) is 4.05. The second kappa shape index (κ2) is 11.3. The molecule has 7 heteroatoms. The number of aromatic nitrogens is 2. The maximum absolute atomic E-state index is 6.05. The Hall–Kier alpha value is -1.77. The van der Waals surface area contributed by atoms with Gasteiger partial charge in [0.05, 0.1) is 5.69 Å². The Morgan fingerprint density at radius 3 is 2.50 bits per heavy atom. The highest BCUT2D eigenvalue weighted by Crippen LogP contribution is 2.22. The van der Waals surface area contributed by atoms with Gasteiger partial charge < -0.3 is 15.4 Å². The van der Waals surface area contributed by atoms with E-state index >= 15 is 0 Å². The molecule has 0 spiro atoms. The lowest BCUT2D eigenvalue weighted by atomic mass is 10.1. The number of hydrogen-bond donors (Lipinski definition) is 2. The van der Waals surface area contributed by atoms with Gasteiger partial charge in [-0.25, -0.2) is 0 Å². The standard InChI is InChI=1S/C21H33N5O.HI/c1-16-14-17(2)26(25-16)13-9-12-23-20(22-6)24-15-18-10-7-8-11-19(18)27-21(3,4)5;/h7-8,10-11,14H,9,12-13,15H2,1-6H3,(H2,22,23,24);1H. The summed E-state index contributed by atoms with van der Waals surface area (Å²) in [6.07, 6.45) is 0.979. The zero-order valence-corrected chi connectivity index (χ0v) is 20.2. The molecule has 0 radical (unpaired) electrons. The van der Waals surface area contributed by atoms with Crippen LogP contribution in [0.1, 0.15) is 44.1 Å². The summed E-state index contributed by atoms with van der Waals surface area (Å²) in [6, 6.07) is 10.2. The Bertz CT molecular complexity index is 764. The molecule has 156 valence electrons. The Morgan fingerprint density at radius 2 is 1.89 bits per heavy atom. The summed E-state index contributed by atoms with van der Waals surface area (Å²) < 4.78 is 8.10. The monoisotopic (exact) mass is 499 g/mol. The average Bonchev–Trinajstić information content (AvgIpc) is 2.91. The van der Waals surface area contributed by atoms with Gasteiger partial charge in [-0.1, -0.05) is 18.2 Å². The number of rotatable bonds is 7. The molecule has 2 rings (SSSR count). The molecule has 0 amide bonds. The van der Waals surface area contributed by atoms with Crippen molar-refractivity contribution in [2.24, 2.45) is 4.99 Å². The number of aliphatic imine (C=N–C) groups is 1. The van der Waals surface area contributed by atoms with Crippen molar-refractivity contribution >= 4 is 29.9 Å². The third-order valence-electron chi connectivity index (χ3n) is 4.00. The van der Waals surface area contributed by atoms with Crippen LogP contribution in [0.2, 0.25) is 0 Å². The molecule has 0 atom stereocenters. The summed E-state index contributed by atoms with van der Waals surface area (Å²) in [7, 11) is 1.79. The van der Waals surface area contributed by atoms with Gasteiger partial charge in [0.15, 0.2) is 5.96 Å². The van der Waals surface area contributed by atoms with E-state index in [1.807, 2.05) is 29.8 Å². The first-order valence-electron chi connectivity index (χ1n) is 9.51. The van der Waals surface area contributed by atoms with Crippen molar-refractivity contribution in [1.29, 1.82) is 0 Å². The number of hydrogen-bond acceptors (Lipinski definition) is 3. The summed E-state index contributed by atoms with van der Waals surface area (Å²) in [5.41, 5.74) is 3.15. The van der Waals surface area contributed by atoms with Gasteiger partial charge in [-0.3, -0.25) is 9.67 Å². The minimum Gasteiger partial charge on any atom is -0.488 e. The molecule has 0 aliphatic heterocycles. The Kier molecular flexibility index (Phi) is 9.78. The average molecular weight is 499 g/mol. The lowest BCUT2D eigenvalue weighted by Gasteiger charge is -2.23. The van der Waals surface area contributed by atoms with Gasteiger partial charge in [0.1, 0.15) is 11.4 Å². The summed E-state index contributed by atoms with van der Waals surface area (Å²) in [5, 5.41) is 11.2. The maximum atomic E-state index is 6.05. The fraction of sp³-hybridized carbons (Fsp3) is 0.524. The topological polar surface area (TPSA) is 63.5 Å². The Labute approximate surface area is 186 Å². The number of aryl methyl sites for hydroxylation is 3. The molecule has 0 aliphatic rings. The second-order valence-electron chi connectivity index (χ2n) is 7.68. The van der Waals surface area contributed by atoms with E-state index < -0.39 is 0 Å².